The van der Waals surface area contributed by atoms with E-state index < -0.39 is 15.8 Å². The summed E-state index contributed by atoms with van der Waals surface area (Å²) in [6, 6.07) is 5.17. The first-order valence-electron chi connectivity index (χ1n) is 6.05. The number of nitrogens with two attached hydrogens (primary N) is 1. The fourth-order valence-corrected chi connectivity index (χ4v) is 3.04. The Labute approximate surface area is 118 Å². The molecule has 0 atom stereocenters. The van der Waals surface area contributed by atoms with Gasteiger partial charge in [-0.2, -0.15) is 0 Å². The number of esters is 1. The van der Waals surface area contributed by atoms with Crippen molar-refractivity contribution in [2.45, 2.75) is 18.7 Å². The van der Waals surface area contributed by atoms with Crippen molar-refractivity contribution < 1.29 is 22.7 Å². The Morgan fingerprint density at radius 2 is 2.00 bits per heavy atom. The summed E-state index contributed by atoms with van der Waals surface area (Å²) in [6.45, 7) is 0.319. The third kappa shape index (κ3) is 4.82. The van der Waals surface area contributed by atoms with Crippen molar-refractivity contribution in [1.82, 2.24) is 0 Å². The predicted molar refractivity (Wildman–Crippen MR) is 75.0 cm³/mol. The summed E-state index contributed by atoms with van der Waals surface area (Å²) >= 11 is 0. The number of hydrogen-bond donors (Lipinski definition) is 1. The first kappa shape index (κ1) is 16.5. The second-order valence-electron chi connectivity index (χ2n) is 4.27. The fourth-order valence-electron chi connectivity index (χ4n) is 1.72. The lowest BCUT2D eigenvalue weighted by molar-refractivity contribution is -0.140. The molecule has 0 saturated carbocycles. The molecule has 20 heavy (non-hydrogen) atoms. The summed E-state index contributed by atoms with van der Waals surface area (Å²) in [5.74, 6) is -0.503. The van der Waals surface area contributed by atoms with Crippen LogP contribution in [0.1, 0.15) is 17.5 Å². The lowest BCUT2D eigenvalue weighted by atomic mass is 10.1. The third-order valence-electron chi connectivity index (χ3n) is 2.80. The molecule has 0 saturated heterocycles. The van der Waals surface area contributed by atoms with E-state index in [-0.39, 0.29) is 17.9 Å². The number of ether oxygens (including phenoxy) is 2. The zero-order valence-corrected chi connectivity index (χ0v) is 12.4. The molecule has 1 rings (SSSR count). The van der Waals surface area contributed by atoms with E-state index in [0.29, 0.717) is 17.9 Å². The zero-order chi connectivity index (χ0) is 15.2. The number of sulfone groups is 1. The first-order chi connectivity index (χ1) is 9.41. The van der Waals surface area contributed by atoms with Crippen LogP contribution in [-0.2, 0) is 31.7 Å². The highest BCUT2D eigenvalue weighted by Crippen LogP contribution is 2.22. The summed E-state index contributed by atoms with van der Waals surface area (Å²) < 4.78 is 33.6. The summed E-state index contributed by atoms with van der Waals surface area (Å²) in [4.78, 5) is 11.0. The minimum absolute atomic E-state index is 0.155. The molecule has 0 unspecified atom stereocenters. The van der Waals surface area contributed by atoms with Crippen LogP contribution in [0.2, 0.25) is 0 Å². The Bertz CT molecular complexity index is 568. The van der Waals surface area contributed by atoms with Gasteiger partial charge in [-0.15, -0.1) is 0 Å². The SMILES string of the molecule is COC(=O)CCS(=O)(=O)Cc1cc(CN)ccc1OC. The van der Waals surface area contributed by atoms with E-state index in [1.54, 1.807) is 18.2 Å². The average molecular weight is 301 g/mol. The van der Waals surface area contributed by atoms with Crippen LogP contribution in [-0.4, -0.2) is 34.4 Å². The van der Waals surface area contributed by atoms with Crippen molar-refractivity contribution in [3.63, 3.8) is 0 Å². The van der Waals surface area contributed by atoms with E-state index in [0.717, 1.165) is 5.56 Å². The smallest absolute Gasteiger partial charge is 0.306 e. The van der Waals surface area contributed by atoms with Gasteiger partial charge in [0.1, 0.15) is 5.75 Å². The summed E-state index contributed by atoms with van der Waals surface area (Å²) in [5.41, 5.74) is 6.90. The van der Waals surface area contributed by atoms with Crippen LogP contribution in [0, 0.1) is 0 Å². The lowest BCUT2D eigenvalue weighted by Gasteiger charge is -2.10. The van der Waals surface area contributed by atoms with Crippen molar-refractivity contribution >= 4 is 15.8 Å². The van der Waals surface area contributed by atoms with Crippen LogP contribution in [0.25, 0.3) is 0 Å². The molecule has 0 radical (unpaired) electrons. The molecule has 2 N–H and O–H groups in total. The Morgan fingerprint density at radius 1 is 1.30 bits per heavy atom. The van der Waals surface area contributed by atoms with E-state index >= 15 is 0 Å². The van der Waals surface area contributed by atoms with E-state index in [2.05, 4.69) is 4.74 Å². The Balaban J connectivity index is 2.87. The van der Waals surface area contributed by atoms with Gasteiger partial charge in [0.15, 0.2) is 9.84 Å². The van der Waals surface area contributed by atoms with Crippen molar-refractivity contribution in [3.05, 3.63) is 29.3 Å². The van der Waals surface area contributed by atoms with Crippen LogP contribution in [0.5, 0.6) is 5.75 Å². The zero-order valence-electron chi connectivity index (χ0n) is 11.6. The standard InChI is InChI=1S/C13H19NO5S/c1-18-12-4-3-10(8-14)7-11(12)9-20(16,17)6-5-13(15)19-2/h3-4,7H,5-6,8-9,14H2,1-2H3. The van der Waals surface area contributed by atoms with Crippen LogP contribution < -0.4 is 10.5 Å². The molecule has 0 aliphatic rings. The first-order valence-corrected chi connectivity index (χ1v) is 7.87. The highest BCUT2D eigenvalue weighted by molar-refractivity contribution is 7.90. The predicted octanol–water partition coefficient (Wildman–Crippen LogP) is 0.632. The van der Waals surface area contributed by atoms with E-state index in [4.69, 9.17) is 10.5 Å². The molecule has 0 spiro atoms. The Morgan fingerprint density at radius 3 is 2.55 bits per heavy atom. The van der Waals surface area contributed by atoms with Gasteiger partial charge in [0, 0.05) is 12.1 Å². The summed E-state index contributed by atoms with van der Waals surface area (Å²) in [6.07, 6.45) is -0.155. The summed E-state index contributed by atoms with van der Waals surface area (Å²) in [7, 11) is -0.720. The van der Waals surface area contributed by atoms with Gasteiger partial charge in [-0.3, -0.25) is 4.79 Å². The number of benzene rings is 1. The molecule has 6 nitrogen and oxygen atoms in total. The van der Waals surface area contributed by atoms with Crippen molar-refractivity contribution in [2.75, 3.05) is 20.0 Å². The molecule has 1 aromatic carbocycles. The molecule has 0 aliphatic heterocycles. The highest BCUT2D eigenvalue weighted by Gasteiger charge is 2.17. The maximum Gasteiger partial charge on any atom is 0.306 e. The van der Waals surface area contributed by atoms with E-state index in [1.807, 2.05) is 0 Å². The Hall–Kier alpha value is -1.60. The van der Waals surface area contributed by atoms with Gasteiger partial charge in [-0.05, 0) is 17.7 Å². The Kier molecular flexibility index (Phi) is 5.97. The molecule has 0 aliphatic carbocycles. The van der Waals surface area contributed by atoms with Crippen molar-refractivity contribution in [1.29, 1.82) is 0 Å². The molecular weight excluding hydrogens is 282 g/mol. The molecule has 0 bridgehead atoms. The molecular formula is C13H19NO5S. The molecule has 0 fully saturated rings. The maximum absolute atomic E-state index is 12.0. The number of carbonyl (C=O) groups is 1. The second-order valence-corrected chi connectivity index (χ2v) is 6.45. The molecule has 1 aromatic rings. The maximum atomic E-state index is 12.0. The highest BCUT2D eigenvalue weighted by atomic mass is 32.2. The van der Waals surface area contributed by atoms with E-state index in [9.17, 15) is 13.2 Å². The number of methoxy groups -OCH3 is 2. The van der Waals surface area contributed by atoms with Crippen LogP contribution in [0.15, 0.2) is 18.2 Å². The molecule has 0 aromatic heterocycles. The quantitative estimate of drug-likeness (QED) is 0.742. The molecule has 0 heterocycles. The van der Waals surface area contributed by atoms with Gasteiger partial charge >= 0.3 is 5.97 Å². The summed E-state index contributed by atoms with van der Waals surface area (Å²) in [5, 5.41) is 0. The number of rotatable bonds is 7. The normalized spacial score (nSPS) is 11.2. The number of carbonyl (C=O) groups excluding carboxylic acids is 1. The number of hydrogen-bond acceptors (Lipinski definition) is 6. The monoisotopic (exact) mass is 301 g/mol. The largest absolute Gasteiger partial charge is 0.496 e. The topological polar surface area (TPSA) is 95.7 Å². The van der Waals surface area contributed by atoms with Crippen molar-refractivity contribution in [3.8, 4) is 5.75 Å². The average Bonchev–Trinajstić information content (AvgIpc) is 2.44. The van der Waals surface area contributed by atoms with Gasteiger partial charge in [0.25, 0.3) is 0 Å². The fraction of sp³-hybridized carbons (Fsp3) is 0.462. The van der Waals surface area contributed by atoms with Crippen LogP contribution in [0.3, 0.4) is 0 Å². The molecule has 112 valence electrons. The minimum atomic E-state index is -3.42. The third-order valence-corrected chi connectivity index (χ3v) is 4.38. The van der Waals surface area contributed by atoms with Gasteiger partial charge in [-0.1, -0.05) is 6.07 Å². The second kappa shape index (κ2) is 7.25. The lowest BCUT2D eigenvalue weighted by Crippen LogP contribution is -2.14. The van der Waals surface area contributed by atoms with Gasteiger partial charge in [0.05, 0.1) is 32.1 Å². The minimum Gasteiger partial charge on any atom is -0.496 e. The van der Waals surface area contributed by atoms with Crippen molar-refractivity contribution in [2.24, 2.45) is 5.73 Å². The van der Waals surface area contributed by atoms with Crippen LogP contribution in [0.4, 0.5) is 0 Å². The van der Waals surface area contributed by atoms with Crippen LogP contribution >= 0.6 is 0 Å². The van der Waals surface area contributed by atoms with Gasteiger partial charge < -0.3 is 15.2 Å². The van der Waals surface area contributed by atoms with E-state index in [1.165, 1.54) is 14.2 Å². The van der Waals surface area contributed by atoms with Gasteiger partial charge in [0.2, 0.25) is 0 Å². The van der Waals surface area contributed by atoms with Gasteiger partial charge in [-0.25, -0.2) is 8.42 Å². The molecule has 7 heteroatoms. The molecule has 0 amide bonds.